The molecular formula is C12H13F3O. The van der Waals surface area contributed by atoms with Crippen LogP contribution < -0.4 is 0 Å². The van der Waals surface area contributed by atoms with Crippen LogP contribution in [-0.4, -0.2) is 5.78 Å². The van der Waals surface area contributed by atoms with Crippen molar-refractivity contribution in [2.45, 2.75) is 26.4 Å². The molecule has 1 unspecified atom stereocenters. The smallest absolute Gasteiger partial charge is 0.294 e. The molecule has 0 amide bonds. The number of carbonyl (C=O) groups is 1. The second kappa shape index (κ2) is 4.68. The zero-order valence-corrected chi connectivity index (χ0v) is 9.14. The average Bonchev–Trinajstić information content (AvgIpc) is 2.26. The Morgan fingerprint density at radius 1 is 1.31 bits per heavy atom. The summed E-state index contributed by atoms with van der Waals surface area (Å²) < 4.78 is 37.9. The van der Waals surface area contributed by atoms with E-state index >= 15 is 0 Å². The molecule has 1 aromatic carbocycles. The molecule has 4 heteroatoms. The minimum atomic E-state index is -4.47. The van der Waals surface area contributed by atoms with Gasteiger partial charge in [0.15, 0.2) is 5.78 Å². The Balaban J connectivity index is 3.19. The molecule has 1 rings (SSSR count). The van der Waals surface area contributed by atoms with Crippen LogP contribution >= 0.6 is 0 Å². The van der Waals surface area contributed by atoms with Crippen LogP contribution in [0.2, 0.25) is 0 Å². The summed E-state index contributed by atoms with van der Waals surface area (Å²) in [5, 5.41) is 0. The number of carbonyl (C=O) groups excluding carboxylic acids is 1. The van der Waals surface area contributed by atoms with Gasteiger partial charge in [0.05, 0.1) is 5.56 Å². The van der Waals surface area contributed by atoms with Gasteiger partial charge in [-0.2, -0.15) is 13.2 Å². The number of hydrogen-bond acceptors (Lipinski definition) is 1. The highest BCUT2D eigenvalue weighted by atomic mass is 19.4. The molecule has 0 aliphatic carbocycles. The molecule has 0 aromatic heterocycles. The highest BCUT2D eigenvalue weighted by molar-refractivity contribution is 5.99. The van der Waals surface area contributed by atoms with Gasteiger partial charge in [0.1, 0.15) is 0 Å². The first kappa shape index (κ1) is 12.7. The zero-order chi connectivity index (χ0) is 12.3. The van der Waals surface area contributed by atoms with E-state index in [-0.39, 0.29) is 11.5 Å². The summed E-state index contributed by atoms with van der Waals surface area (Å²) in [4.78, 5) is 11.7. The van der Waals surface area contributed by atoms with Crippen molar-refractivity contribution in [2.75, 3.05) is 0 Å². The first-order valence-electron chi connectivity index (χ1n) is 5.08. The zero-order valence-electron chi connectivity index (χ0n) is 9.14. The van der Waals surface area contributed by atoms with Gasteiger partial charge in [-0.25, -0.2) is 0 Å². The lowest BCUT2D eigenvalue weighted by Crippen LogP contribution is -2.17. The summed E-state index contributed by atoms with van der Waals surface area (Å²) in [7, 11) is 0. The van der Waals surface area contributed by atoms with Crippen molar-refractivity contribution in [1.82, 2.24) is 0 Å². The van der Waals surface area contributed by atoms with Gasteiger partial charge in [0, 0.05) is 11.5 Å². The molecule has 0 N–H and O–H groups in total. The first-order valence-corrected chi connectivity index (χ1v) is 5.08. The van der Waals surface area contributed by atoms with Gasteiger partial charge >= 0.3 is 6.18 Å². The molecule has 0 aliphatic heterocycles. The molecule has 0 saturated heterocycles. The molecule has 88 valence electrons. The van der Waals surface area contributed by atoms with Crippen LogP contribution in [0.4, 0.5) is 13.2 Å². The maximum absolute atomic E-state index is 12.6. The van der Waals surface area contributed by atoms with Crippen LogP contribution in [0.15, 0.2) is 24.3 Å². The third-order valence-corrected chi connectivity index (χ3v) is 2.56. The topological polar surface area (TPSA) is 17.1 Å². The Morgan fingerprint density at radius 3 is 2.38 bits per heavy atom. The molecule has 0 bridgehead atoms. The fourth-order valence-electron chi connectivity index (χ4n) is 1.40. The van der Waals surface area contributed by atoms with Crippen molar-refractivity contribution in [2.24, 2.45) is 5.92 Å². The fraction of sp³-hybridized carbons (Fsp3) is 0.417. The lowest BCUT2D eigenvalue weighted by molar-refractivity contribution is -0.137. The molecule has 0 heterocycles. The van der Waals surface area contributed by atoms with Gasteiger partial charge in [-0.05, 0) is 12.5 Å². The van der Waals surface area contributed by atoms with E-state index in [2.05, 4.69) is 0 Å². The summed E-state index contributed by atoms with van der Waals surface area (Å²) in [5.74, 6) is -0.834. The van der Waals surface area contributed by atoms with Crippen LogP contribution in [0, 0.1) is 5.92 Å². The molecule has 16 heavy (non-hydrogen) atoms. The van der Waals surface area contributed by atoms with Gasteiger partial charge in [-0.3, -0.25) is 4.79 Å². The quantitative estimate of drug-likeness (QED) is 0.719. The van der Waals surface area contributed by atoms with Crippen molar-refractivity contribution in [1.29, 1.82) is 0 Å². The van der Waals surface area contributed by atoms with Gasteiger partial charge in [-0.1, -0.05) is 32.0 Å². The first-order chi connectivity index (χ1) is 7.38. The van der Waals surface area contributed by atoms with Crippen LogP contribution in [0.3, 0.4) is 0 Å². The SMILES string of the molecule is CCC(C)C(=O)c1ccccc1C(F)(F)F. The molecule has 0 spiro atoms. The Hall–Kier alpha value is -1.32. The van der Waals surface area contributed by atoms with E-state index in [0.717, 1.165) is 6.07 Å². The average molecular weight is 230 g/mol. The van der Waals surface area contributed by atoms with Crippen molar-refractivity contribution in [3.8, 4) is 0 Å². The lowest BCUT2D eigenvalue weighted by Gasteiger charge is -2.14. The summed E-state index contributed by atoms with van der Waals surface area (Å²) in [6.45, 7) is 3.41. The summed E-state index contributed by atoms with van der Waals surface area (Å²) in [6, 6.07) is 4.91. The van der Waals surface area contributed by atoms with Crippen molar-refractivity contribution in [3.05, 3.63) is 35.4 Å². The minimum Gasteiger partial charge on any atom is -0.294 e. The maximum atomic E-state index is 12.6. The third-order valence-electron chi connectivity index (χ3n) is 2.56. The van der Waals surface area contributed by atoms with E-state index in [1.807, 2.05) is 0 Å². The number of hydrogen-bond donors (Lipinski definition) is 0. The molecule has 1 aromatic rings. The highest BCUT2D eigenvalue weighted by Crippen LogP contribution is 2.33. The molecule has 0 aliphatic rings. The van der Waals surface area contributed by atoms with Crippen LogP contribution in [0.5, 0.6) is 0 Å². The number of benzene rings is 1. The highest BCUT2D eigenvalue weighted by Gasteiger charge is 2.35. The largest absolute Gasteiger partial charge is 0.417 e. The number of Topliss-reactive ketones (excluding diaryl/α,β-unsaturated/α-hetero) is 1. The van der Waals surface area contributed by atoms with Crippen molar-refractivity contribution in [3.63, 3.8) is 0 Å². The van der Waals surface area contributed by atoms with E-state index in [9.17, 15) is 18.0 Å². The number of alkyl halides is 3. The number of halogens is 3. The van der Waals surface area contributed by atoms with E-state index < -0.39 is 17.5 Å². The number of ketones is 1. The standard InChI is InChI=1S/C12H13F3O/c1-3-8(2)11(16)9-6-4-5-7-10(9)12(13,14)15/h4-8H,3H2,1-2H3. The van der Waals surface area contributed by atoms with E-state index in [0.29, 0.717) is 6.42 Å². The monoisotopic (exact) mass is 230 g/mol. The molecule has 0 fully saturated rings. The molecule has 0 saturated carbocycles. The fourth-order valence-corrected chi connectivity index (χ4v) is 1.40. The Kier molecular flexibility index (Phi) is 3.73. The van der Waals surface area contributed by atoms with Gasteiger partial charge in [-0.15, -0.1) is 0 Å². The van der Waals surface area contributed by atoms with Crippen LogP contribution in [-0.2, 0) is 6.18 Å². The second-order valence-corrected chi connectivity index (χ2v) is 3.72. The lowest BCUT2D eigenvalue weighted by atomic mass is 9.93. The molecule has 0 radical (unpaired) electrons. The molecule has 1 atom stereocenters. The second-order valence-electron chi connectivity index (χ2n) is 3.72. The Morgan fingerprint density at radius 2 is 1.88 bits per heavy atom. The van der Waals surface area contributed by atoms with Crippen LogP contribution in [0.25, 0.3) is 0 Å². The van der Waals surface area contributed by atoms with Gasteiger partial charge < -0.3 is 0 Å². The minimum absolute atomic E-state index is 0.232. The Bertz CT molecular complexity index is 382. The number of rotatable bonds is 3. The van der Waals surface area contributed by atoms with Crippen LogP contribution in [0.1, 0.15) is 36.2 Å². The summed E-state index contributed by atoms with van der Waals surface area (Å²) in [6.07, 6.45) is -3.94. The summed E-state index contributed by atoms with van der Waals surface area (Å²) in [5.41, 5.74) is -1.08. The molecular weight excluding hydrogens is 217 g/mol. The molecule has 1 nitrogen and oxygen atoms in total. The van der Waals surface area contributed by atoms with E-state index in [1.54, 1.807) is 13.8 Å². The normalized spacial score (nSPS) is 13.6. The Labute approximate surface area is 92.3 Å². The van der Waals surface area contributed by atoms with E-state index in [1.165, 1.54) is 18.2 Å². The predicted molar refractivity (Wildman–Crippen MR) is 55.2 cm³/mol. The van der Waals surface area contributed by atoms with Gasteiger partial charge in [0.25, 0.3) is 0 Å². The van der Waals surface area contributed by atoms with E-state index in [4.69, 9.17) is 0 Å². The van der Waals surface area contributed by atoms with Crippen molar-refractivity contribution < 1.29 is 18.0 Å². The third kappa shape index (κ3) is 2.62. The maximum Gasteiger partial charge on any atom is 0.417 e. The predicted octanol–water partition coefficient (Wildman–Crippen LogP) is 3.93. The van der Waals surface area contributed by atoms with Gasteiger partial charge in [0.2, 0.25) is 0 Å². The van der Waals surface area contributed by atoms with Crippen molar-refractivity contribution >= 4 is 5.78 Å². The summed E-state index contributed by atoms with van der Waals surface area (Å²) >= 11 is 0.